The molecule has 0 spiro atoms. The Morgan fingerprint density at radius 3 is 2.88 bits per heavy atom. The van der Waals surface area contributed by atoms with Crippen LogP contribution in [0.2, 0.25) is 0 Å². The molecule has 0 fully saturated rings. The summed E-state index contributed by atoms with van der Waals surface area (Å²) in [5.74, 6) is 1.33. The van der Waals surface area contributed by atoms with Gasteiger partial charge in [0.05, 0.1) is 12.6 Å². The molecule has 0 aliphatic heterocycles. The fourth-order valence-electron chi connectivity index (χ4n) is 1.43. The first-order valence-electron chi connectivity index (χ1n) is 5.31. The Bertz CT molecular complexity index is 503. The monoisotopic (exact) mass is 220 g/mol. The molecule has 0 aliphatic carbocycles. The summed E-state index contributed by atoms with van der Waals surface area (Å²) in [5, 5.41) is 0. The lowest BCUT2D eigenvalue weighted by molar-refractivity contribution is 0.356. The summed E-state index contributed by atoms with van der Waals surface area (Å²) in [6.45, 7) is 3.92. The van der Waals surface area contributed by atoms with E-state index in [2.05, 4.69) is 4.98 Å². The van der Waals surface area contributed by atoms with Crippen molar-refractivity contribution in [3.63, 3.8) is 0 Å². The Kier molecular flexibility index (Phi) is 2.59. The van der Waals surface area contributed by atoms with Gasteiger partial charge in [0, 0.05) is 6.07 Å². The van der Waals surface area contributed by atoms with Gasteiger partial charge < -0.3 is 14.9 Å². The summed E-state index contributed by atoms with van der Waals surface area (Å²) < 4.78 is 10.8. The molecule has 0 aliphatic rings. The molecule has 1 heterocycles. The van der Waals surface area contributed by atoms with Crippen LogP contribution in [0, 0.1) is 0 Å². The van der Waals surface area contributed by atoms with Gasteiger partial charge in [0.2, 0.25) is 5.89 Å². The molecule has 0 bridgehead atoms. The van der Waals surface area contributed by atoms with Gasteiger partial charge in [-0.2, -0.15) is 0 Å². The molecule has 16 heavy (non-hydrogen) atoms. The van der Waals surface area contributed by atoms with Gasteiger partial charge in [-0.05, 0) is 25.5 Å². The van der Waals surface area contributed by atoms with E-state index in [1.807, 2.05) is 32.0 Å². The molecule has 4 nitrogen and oxygen atoms in total. The van der Waals surface area contributed by atoms with Gasteiger partial charge in [-0.3, -0.25) is 0 Å². The lowest BCUT2D eigenvalue weighted by Crippen LogP contribution is -2.32. The molecule has 1 atom stereocenters. The van der Waals surface area contributed by atoms with Crippen molar-refractivity contribution in [1.29, 1.82) is 0 Å². The highest BCUT2D eigenvalue weighted by Crippen LogP contribution is 2.27. The molecular weight excluding hydrogens is 204 g/mol. The number of methoxy groups -OCH3 is 1. The van der Waals surface area contributed by atoms with Crippen LogP contribution in [0.1, 0.15) is 26.2 Å². The average Bonchev–Trinajstić information content (AvgIpc) is 2.72. The Labute approximate surface area is 94.4 Å². The van der Waals surface area contributed by atoms with Gasteiger partial charge in [0.25, 0.3) is 0 Å². The van der Waals surface area contributed by atoms with Crippen molar-refractivity contribution in [2.45, 2.75) is 25.8 Å². The molecule has 4 heteroatoms. The highest BCUT2D eigenvalue weighted by molar-refractivity contribution is 5.74. The smallest absolute Gasteiger partial charge is 0.215 e. The van der Waals surface area contributed by atoms with E-state index in [0.717, 1.165) is 23.3 Å². The molecule has 1 aromatic carbocycles. The lowest BCUT2D eigenvalue weighted by atomic mass is 10.0. The Morgan fingerprint density at radius 1 is 1.50 bits per heavy atom. The average molecular weight is 220 g/mol. The molecule has 2 N–H and O–H groups in total. The summed E-state index contributed by atoms with van der Waals surface area (Å²) >= 11 is 0. The highest BCUT2D eigenvalue weighted by Gasteiger charge is 2.25. The fraction of sp³-hybridized carbons (Fsp3) is 0.417. The number of rotatable bonds is 3. The molecule has 1 aromatic heterocycles. The second-order valence-corrected chi connectivity index (χ2v) is 4.12. The van der Waals surface area contributed by atoms with E-state index in [1.165, 1.54) is 0 Å². The summed E-state index contributed by atoms with van der Waals surface area (Å²) in [6.07, 6.45) is 0.775. The summed E-state index contributed by atoms with van der Waals surface area (Å²) in [5.41, 5.74) is 7.08. The van der Waals surface area contributed by atoms with Gasteiger partial charge in [-0.1, -0.05) is 6.92 Å². The number of hydrogen-bond acceptors (Lipinski definition) is 4. The number of fused-ring (bicyclic) bond motifs is 1. The van der Waals surface area contributed by atoms with Crippen molar-refractivity contribution >= 4 is 11.1 Å². The van der Waals surface area contributed by atoms with Gasteiger partial charge in [-0.15, -0.1) is 0 Å². The van der Waals surface area contributed by atoms with Crippen LogP contribution in [-0.4, -0.2) is 12.1 Å². The molecule has 0 amide bonds. The lowest BCUT2D eigenvalue weighted by Gasteiger charge is -2.17. The predicted octanol–water partition coefficient (Wildman–Crippen LogP) is 2.42. The highest BCUT2D eigenvalue weighted by atomic mass is 16.5. The minimum Gasteiger partial charge on any atom is -0.497 e. The quantitative estimate of drug-likeness (QED) is 0.862. The van der Waals surface area contributed by atoms with E-state index in [4.69, 9.17) is 14.9 Å². The van der Waals surface area contributed by atoms with Crippen LogP contribution < -0.4 is 10.5 Å². The first-order valence-corrected chi connectivity index (χ1v) is 5.31. The van der Waals surface area contributed by atoms with Gasteiger partial charge in [0.15, 0.2) is 5.58 Å². The number of aromatic nitrogens is 1. The second-order valence-electron chi connectivity index (χ2n) is 4.12. The van der Waals surface area contributed by atoms with Gasteiger partial charge in [0.1, 0.15) is 11.3 Å². The van der Waals surface area contributed by atoms with E-state index < -0.39 is 5.54 Å². The van der Waals surface area contributed by atoms with E-state index in [0.29, 0.717) is 5.89 Å². The number of hydrogen-bond donors (Lipinski definition) is 1. The zero-order valence-electron chi connectivity index (χ0n) is 9.78. The molecule has 86 valence electrons. The minimum atomic E-state index is -0.522. The summed E-state index contributed by atoms with van der Waals surface area (Å²) in [6, 6.07) is 5.53. The van der Waals surface area contributed by atoms with Crippen LogP contribution in [0.15, 0.2) is 22.6 Å². The van der Waals surface area contributed by atoms with Crippen molar-refractivity contribution in [2.75, 3.05) is 7.11 Å². The third-order valence-electron chi connectivity index (χ3n) is 2.82. The second kappa shape index (κ2) is 3.79. The third-order valence-corrected chi connectivity index (χ3v) is 2.82. The first-order chi connectivity index (χ1) is 7.56. The molecule has 2 rings (SSSR count). The number of nitrogens with two attached hydrogens (primary N) is 1. The standard InChI is InChI=1S/C12H16N2O2/c1-4-12(2,13)11-14-9-7-8(15-3)5-6-10(9)16-11/h5-7H,4,13H2,1-3H3. The van der Waals surface area contributed by atoms with E-state index in [1.54, 1.807) is 7.11 Å². The van der Waals surface area contributed by atoms with Crippen molar-refractivity contribution < 1.29 is 9.15 Å². The van der Waals surface area contributed by atoms with Crippen molar-refractivity contribution in [1.82, 2.24) is 4.98 Å². The molecular formula is C12H16N2O2. The largest absolute Gasteiger partial charge is 0.497 e. The van der Waals surface area contributed by atoms with Crippen LogP contribution >= 0.6 is 0 Å². The first kappa shape index (κ1) is 11.0. The zero-order chi connectivity index (χ0) is 11.8. The van der Waals surface area contributed by atoms with Crippen LogP contribution in [0.5, 0.6) is 5.75 Å². The van der Waals surface area contributed by atoms with Crippen molar-refractivity contribution in [3.8, 4) is 5.75 Å². The van der Waals surface area contributed by atoms with Crippen LogP contribution in [-0.2, 0) is 5.54 Å². The number of nitrogens with zero attached hydrogens (tertiary/aromatic N) is 1. The van der Waals surface area contributed by atoms with E-state index >= 15 is 0 Å². The number of ether oxygens (including phenoxy) is 1. The predicted molar refractivity (Wildman–Crippen MR) is 62.4 cm³/mol. The van der Waals surface area contributed by atoms with Crippen LogP contribution in [0.25, 0.3) is 11.1 Å². The molecule has 0 saturated carbocycles. The fourth-order valence-corrected chi connectivity index (χ4v) is 1.43. The third kappa shape index (κ3) is 1.76. The number of benzene rings is 1. The van der Waals surface area contributed by atoms with Gasteiger partial charge in [-0.25, -0.2) is 4.98 Å². The maximum Gasteiger partial charge on any atom is 0.215 e. The summed E-state index contributed by atoms with van der Waals surface area (Å²) in [7, 11) is 1.63. The minimum absolute atomic E-state index is 0.522. The van der Waals surface area contributed by atoms with E-state index in [-0.39, 0.29) is 0 Å². The normalized spacial score (nSPS) is 15.0. The van der Waals surface area contributed by atoms with E-state index in [9.17, 15) is 0 Å². The Morgan fingerprint density at radius 2 is 2.25 bits per heavy atom. The molecule has 2 aromatic rings. The zero-order valence-corrected chi connectivity index (χ0v) is 9.78. The topological polar surface area (TPSA) is 61.3 Å². The summed E-state index contributed by atoms with van der Waals surface area (Å²) in [4.78, 5) is 4.39. The van der Waals surface area contributed by atoms with Crippen molar-refractivity contribution in [2.24, 2.45) is 5.73 Å². The molecule has 0 saturated heterocycles. The molecule has 0 radical (unpaired) electrons. The maximum atomic E-state index is 6.08. The molecule has 1 unspecified atom stereocenters. The van der Waals surface area contributed by atoms with Crippen molar-refractivity contribution in [3.05, 3.63) is 24.1 Å². The van der Waals surface area contributed by atoms with Crippen LogP contribution in [0.3, 0.4) is 0 Å². The van der Waals surface area contributed by atoms with Gasteiger partial charge >= 0.3 is 0 Å². The SMILES string of the molecule is CCC(C)(N)c1nc2cc(OC)ccc2o1. The van der Waals surface area contributed by atoms with Crippen LogP contribution in [0.4, 0.5) is 0 Å². The maximum absolute atomic E-state index is 6.08. The Balaban J connectivity index is 2.52. The number of oxazole rings is 1. The Hall–Kier alpha value is -1.55.